The molecule has 4 N–H and O–H groups in total. The van der Waals surface area contributed by atoms with Crippen molar-refractivity contribution < 1.29 is 9.59 Å². The van der Waals surface area contributed by atoms with E-state index in [1.165, 1.54) is 129 Å². The molecule has 4 fully saturated rings. The molecule has 4 amide bonds. The van der Waals surface area contributed by atoms with Crippen molar-refractivity contribution in [3.63, 3.8) is 0 Å². The van der Waals surface area contributed by atoms with Gasteiger partial charge in [-0.1, -0.05) is 99.9 Å². The monoisotopic (exact) mass is 793 g/mol. The second kappa shape index (κ2) is 20.9. The van der Waals surface area contributed by atoms with Crippen LogP contribution in [0.25, 0.3) is 0 Å². The van der Waals surface area contributed by atoms with E-state index in [0.29, 0.717) is 36.3 Å². The zero-order valence-corrected chi connectivity index (χ0v) is 35.7. The molecule has 2 aromatic rings. The van der Waals surface area contributed by atoms with Gasteiger partial charge in [0.25, 0.3) is 0 Å². The lowest BCUT2D eigenvalue weighted by molar-refractivity contribution is 0.185. The molecule has 2 saturated heterocycles. The molecule has 6 aliphatic rings. The van der Waals surface area contributed by atoms with E-state index in [0.717, 1.165) is 63.5 Å². The second-order valence-corrected chi connectivity index (χ2v) is 19.3. The number of benzene rings is 2. The third-order valence-electron chi connectivity index (χ3n) is 15.6. The van der Waals surface area contributed by atoms with Gasteiger partial charge in [-0.05, 0) is 150 Å². The maximum Gasteiger partial charge on any atom is 0.315 e. The number of urea groups is 2. The van der Waals surface area contributed by atoms with Crippen molar-refractivity contribution in [2.45, 2.75) is 190 Å². The smallest absolute Gasteiger partial charge is 0.315 e. The highest BCUT2D eigenvalue weighted by Gasteiger charge is 2.44. The topological polar surface area (TPSA) is 88.7 Å². The summed E-state index contributed by atoms with van der Waals surface area (Å²) in [5.41, 5.74) is 6.36. The van der Waals surface area contributed by atoms with Crippen LogP contribution in [-0.2, 0) is 0 Å². The van der Waals surface area contributed by atoms with E-state index in [4.69, 9.17) is 0 Å². The van der Waals surface area contributed by atoms with Crippen LogP contribution in [0.15, 0.2) is 48.5 Å². The maximum absolute atomic E-state index is 12.5. The van der Waals surface area contributed by atoms with Crippen molar-refractivity contribution in [2.75, 3.05) is 26.2 Å². The average Bonchev–Trinajstić information content (AvgIpc) is 4.02. The van der Waals surface area contributed by atoms with Gasteiger partial charge in [-0.15, -0.1) is 0 Å². The summed E-state index contributed by atoms with van der Waals surface area (Å²) in [6.45, 7) is 4.02. The lowest BCUT2D eigenvalue weighted by Gasteiger charge is -2.31. The van der Waals surface area contributed by atoms with E-state index in [9.17, 15) is 9.59 Å². The summed E-state index contributed by atoms with van der Waals surface area (Å²) in [5, 5.41) is 12.8. The van der Waals surface area contributed by atoms with E-state index in [1.54, 1.807) is 22.3 Å². The zero-order valence-electron chi connectivity index (χ0n) is 35.7. The lowest BCUT2D eigenvalue weighted by Crippen LogP contribution is -2.44. The van der Waals surface area contributed by atoms with Gasteiger partial charge in [0.15, 0.2) is 0 Å². The zero-order chi connectivity index (χ0) is 39.5. The molecule has 8 nitrogen and oxygen atoms in total. The minimum atomic E-state index is 0.0326. The number of rotatable bonds is 21. The summed E-state index contributed by atoms with van der Waals surface area (Å²) in [6, 6.07) is 21.6. The van der Waals surface area contributed by atoms with Crippen LogP contribution in [0.1, 0.15) is 201 Å². The molecule has 8 rings (SSSR count). The van der Waals surface area contributed by atoms with Crippen molar-refractivity contribution in [2.24, 2.45) is 11.8 Å². The van der Waals surface area contributed by atoms with Crippen LogP contribution in [0.5, 0.6) is 0 Å². The van der Waals surface area contributed by atoms with Crippen molar-refractivity contribution in [1.29, 1.82) is 0 Å². The van der Waals surface area contributed by atoms with Crippen LogP contribution in [0.3, 0.4) is 0 Å². The van der Waals surface area contributed by atoms with Gasteiger partial charge in [-0.3, -0.25) is 9.80 Å². The first kappa shape index (κ1) is 41.6. The predicted molar refractivity (Wildman–Crippen MR) is 236 cm³/mol. The second-order valence-electron chi connectivity index (χ2n) is 19.3. The first-order valence-electron chi connectivity index (χ1n) is 24.4. The Labute approximate surface area is 350 Å². The van der Waals surface area contributed by atoms with Crippen LogP contribution in [0.2, 0.25) is 0 Å². The van der Waals surface area contributed by atoms with Gasteiger partial charge < -0.3 is 21.3 Å². The van der Waals surface area contributed by atoms with Crippen LogP contribution in [0, 0.1) is 11.8 Å². The molecule has 4 aliphatic heterocycles. The van der Waals surface area contributed by atoms with Crippen molar-refractivity contribution in [3.8, 4) is 0 Å². The third kappa shape index (κ3) is 10.6. The normalized spacial score (nSPS) is 28.6. The fourth-order valence-corrected chi connectivity index (χ4v) is 12.3. The summed E-state index contributed by atoms with van der Waals surface area (Å²) in [4.78, 5) is 30.7. The van der Waals surface area contributed by atoms with Gasteiger partial charge in [0.05, 0.1) is 0 Å². The first-order valence-corrected chi connectivity index (χ1v) is 24.4. The average molecular weight is 793 g/mol. The van der Waals surface area contributed by atoms with E-state index in [2.05, 4.69) is 79.6 Å². The van der Waals surface area contributed by atoms with E-state index in [1.807, 2.05) is 0 Å². The van der Waals surface area contributed by atoms with Gasteiger partial charge in [0.2, 0.25) is 0 Å². The predicted octanol–water partition coefficient (Wildman–Crippen LogP) is 11.2. The number of nitrogens with zero attached hydrogens (tertiary/aromatic N) is 2. The Morgan fingerprint density at radius 1 is 0.431 bits per heavy atom. The largest absolute Gasteiger partial charge is 0.338 e. The van der Waals surface area contributed by atoms with Gasteiger partial charge in [0.1, 0.15) is 0 Å². The van der Waals surface area contributed by atoms with Crippen LogP contribution < -0.4 is 21.3 Å². The number of fused-ring (bicyclic) bond motifs is 10. The number of amides is 4. The van der Waals surface area contributed by atoms with Crippen molar-refractivity contribution in [1.82, 2.24) is 31.1 Å². The number of carbonyl (C=O) groups excluding carboxylic acids is 2. The van der Waals surface area contributed by atoms with E-state index in [-0.39, 0.29) is 12.1 Å². The summed E-state index contributed by atoms with van der Waals surface area (Å²) in [5.74, 6) is 1.61. The van der Waals surface area contributed by atoms with Gasteiger partial charge in [-0.2, -0.15) is 0 Å². The number of hydrogen-bond acceptors (Lipinski definition) is 4. The molecular weight excluding hydrogens is 717 g/mol. The Kier molecular flexibility index (Phi) is 15.0. The summed E-state index contributed by atoms with van der Waals surface area (Å²) < 4.78 is 0. The minimum absolute atomic E-state index is 0.0326. The van der Waals surface area contributed by atoms with Crippen molar-refractivity contribution >= 4 is 12.1 Å². The van der Waals surface area contributed by atoms with Gasteiger partial charge in [0, 0.05) is 49.3 Å². The summed E-state index contributed by atoms with van der Waals surface area (Å²) in [7, 11) is 0. The molecule has 8 heteroatoms. The molecule has 4 bridgehead atoms. The van der Waals surface area contributed by atoms with Crippen LogP contribution >= 0.6 is 0 Å². The number of hydrogen-bond donors (Lipinski definition) is 4. The Hall–Kier alpha value is -3.10. The highest BCUT2D eigenvalue weighted by molar-refractivity contribution is 5.74. The lowest BCUT2D eigenvalue weighted by atomic mass is 9.84. The minimum Gasteiger partial charge on any atom is -0.338 e. The molecule has 0 radical (unpaired) electrons. The quantitative estimate of drug-likeness (QED) is 0.0948. The maximum atomic E-state index is 12.5. The fraction of sp³-hybridized carbons (Fsp3) is 0.720. The molecule has 0 aromatic heterocycles. The molecule has 4 heterocycles. The van der Waals surface area contributed by atoms with Crippen molar-refractivity contribution in [3.05, 3.63) is 70.8 Å². The van der Waals surface area contributed by atoms with Gasteiger partial charge in [-0.25, -0.2) is 9.59 Å². The van der Waals surface area contributed by atoms with Crippen LogP contribution in [0.4, 0.5) is 9.59 Å². The molecule has 4 atom stereocenters. The fourth-order valence-electron chi connectivity index (χ4n) is 12.3. The first-order chi connectivity index (χ1) is 28.6. The Balaban J connectivity index is 0.555. The molecule has 2 saturated carbocycles. The highest BCUT2D eigenvalue weighted by atomic mass is 16.2. The molecular formula is C50H76N6O2. The SMILES string of the molecule is O=C(NCCCCCCCCCCCCNC(=O)NC1CCC(CCN2[C@@H]3CC[C@H]2c2ccccc23)CC1)NC1CCC(CCN2C3CC[C@@H]2c2ccccc23)CC1. The molecule has 2 aromatic carbocycles. The third-order valence-corrected chi connectivity index (χ3v) is 15.6. The Morgan fingerprint density at radius 2 is 0.741 bits per heavy atom. The molecule has 2 aliphatic carbocycles. The van der Waals surface area contributed by atoms with E-state index >= 15 is 0 Å². The Bertz CT molecular complexity index is 1420. The standard InChI is InChI=1S/C50H76N6O2/c57-49(53-39-23-19-37(20-24-39)31-35-55-45-27-28-46(55)42-16-10-9-15-41(42)45)51-33-13-7-5-3-1-2-4-6-8-14-34-52-50(58)54-40-25-21-38(22-26-40)32-36-56-47-29-30-48(56)44-18-12-11-17-43(44)47/h9-12,15-18,37-40,45-48H,1-8,13-14,19-36H2,(H2,51,53,57)(H2,52,54,58)/t37?,38?,39?,40?,45-,46+,47-,48?/m1/s1. The molecule has 1 unspecified atom stereocenters. The number of unbranched alkanes of at least 4 members (excludes halogenated alkanes) is 9. The van der Waals surface area contributed by atoms with E-state index < -0.39 is 0 Å². The molecule has 318 valence electrons. The number of carbonyl (C=O) groups is 2. The van der Waals surface area contributed by atoms with Gasteiger partial charge >= 0.3 is 12.1 Å². The summed E-state index contributed by atoms with van der Waals surface area (Å²) >= 11 is 0. The molecule has 58 heavy (non-hydrogen) atoms. The van der Waals surface area contributed by atoms with Crippen LogP contribution in [-0.4, -0.2) is 60.1 Å². The molecule has 0 spiro atoms. The highest BCUT2D eigenvalue weighted by Crippen LogP contribution is 2.54. The Morgan fingerprint density at radius 3 is 1.07 bits per heavy atom. The number of nitrogens with one attached hydrogen (secondary N) is 4. The summed E-state index contributed by atoms with van der Waals surface area (Å²) in [6.07, 6.45) is 29.6.